The van der Waals surface area contributed by atoms with E-state index >= 15 is 0 Å². The van der Waals surface area contributed by atoms with Crippen LogP contribution < -0.4 is 9.46 Å². The molecule has 0 heterocycles. The van der Waals surface area contributed by atoms with E-state index in [0.29, 0.717) is 5.75 Å². The van der Waals surface area contributed by atoms with Crippen molar-refractivity contribution in [1.82, 2.24) is 4.72 Å². The molecule has 0 amide bonds. The zero-order chi connectivity index (χ0) is 18.3. The lowest BCUT2D eigenvalue weighted by atomic mass is 10.3. The molecule has 8 heteroatoms. The Labute approximate surface area is 155 Å². The van der Waals surface area contributed by atoms with E-state index in [1.165, 1.54) is 19.1 Å². The molecule has 0 aliphatic carbocycles. The van der Waals surface area contributed by atoms with Gasteiger partial charge in [0.25, 0.3) is 0 Å². The van der Waals surface area contributed by atoms with Crippen molar-refractivity contribution in [1.29, 1.82) is 0 Å². The number of benzene rings is 2. The third kappa shape index (κ3) is 6.15. The van der Waals surface area contributed by atoms with Crippen LogP contribution in [0.25, 0.3) is 0 Å². The third-order valence-corrected chi connectivity index (χ3v) is 5.18. The van der Waals surface area contributed by atoms with Gasteiger partial charge in [0.05, 0.1) is 4.90 Å². The van der Waals surface area contributed by atoms with Crippen LogP contribution in [0, 0.1) is 0 Å². The molecule has 1 N–H and O–H groups in total. The number of halogens is 1. The number of rotatable bonds is 8. The van der Waals surface area contributed by atoms with Crippen LogP contribution in [0.4, 0.5) is 0 Å². The van der Waals surface area contributed by atoms with Crippen LogP contribution in [0.3, 0.4) is 0 Å². The topological polar surface area (TPSA) is 81.7 Å². The SMILES string of the molecule is CC(NS(=O)(=O)c1ccccc1)C(=O)OCCOc1cccc(Br)c1. The van der Waals surface area contributed by atoms with Gasteiger partial charge in [-0.3, -0.25) is 4.79 Å². The lowest BCUT2D eigenvalue weighted by molar-refractivity contribution is -0.145. The van der Waals surface area contributed by atoms with Crippen molar-refractivity contribution in [3.63, 3.8) is 0 Å². The third-order valence-electron chi connectivity index (χ3n) is 3.13. The summed E-state index contributed by atoms with van der Waals surface area (Å²) >= 11 is 3.33. The van der Waals surface area contributed by atoms with Gasteiger partial charge in [0.2, 0.25) is 10.0 Å². The van der Waals surface area contributed by atoms with Crippen molar-refractivity contribution in [3.8, 4) is 5.75 Å². The highest BCUT2D eigenvalue weighted by Gasteiger charge is 2.22. The van der Waals surface area contributed by atoms with Crippen LogP contribution in [0.2, 0.25) is 0 Å². The standard InChI is InChI=1S/C17H18BrNO5S/c1-13(19-25(21,22)16-8-3-2-4-9-16)17(20)24-11-10-23-15-7-5-6-14(18)12-15/h2-9,12-13,19H,10-11H2,1H3. The Morgan fingerprint density at radius 3 is 2.52 bits per heavy atom. The molecule has 0 fully saturated rings. The number of hydrogen-bond acceptors (Lipinski definition) is 5. The molecule has 25 heavy (non-hydrogen) atoms. The molecule has 0 aliphatic heterocycles. The van der Waals surface area contributed by atoms with Crippen LogP contribution >= 0.6 is 15.9 Å². The fraction of sp³-hybridized carbons (Fsp3) is 0.235. The predicted molar refractivity (Wildman–Crippen MR) is 96.8 cm³/mol. The largest absolute Gasteiger partial charge is 0.490 e. The summed E-state index contributed by atoms with van der Waals surface area (Å²) in [6.07, 6.45) is 0. The van der Waals surface area contributed by atoms with Crippen LogP contribution in [-0.2, 0) is 19.6 Å². The molecular weight excluding hydrogens is 410 g/mol. The van der Waals surface area contributed by atoms with Gasteiger partial charge < -0.3 is 9.47 Å². The molecule has 0 radical (unpaired) electrons. The van der Waals surface area contributed by atoms with Gasteiger partial charge in [-0.1, -0.05) is 40.2 Å². The second-order valence-electron chi connectivity index (χ2n) is 5.13. The van der Waals surface area contributed by atoms with Gasteiger partial charge in [-0.25, -0.2) is 8.42 Å². The summed E-state index contributed by atoms with van der Waals surface area (Å²) in [5.74, 6) is -0.0272. The van der Waals surface area contributed by atoms with Crippen molar-refractivity contribution in [3.05, 3.63) is 59.1 Å². The zero-order valence-electron chi connectivity index (χ0n) is 13.5. The normalized spacial score (nSPS) is 12.4. The number of hydrogen-bond donors (Lipinski definition) is 1. The Bertz CT molecular complexity index is 811. The molecule has 2 rings (SSSR count). The van der Waals surface area contributed by atoms with Crippen molar-refractivity contribution < 1.29 is 22.7 Å². The van der Waals surface area contributed by atoms with E-state index in [1.807, 2.05) is 12.1 Å². The van der Waals surface area contributed by atoms with Gasteiger partial charge in [-0.05, 0) is 37.3 Å². The maximum absolute atomic E-state index is 12.1. The van der Waals surface area contributed by atoms with Crippen LogP contribution in [0.15, 0.2) is 64.0 Å². The number of carbonyl (C=O) groups excluding carboxylic acids is 1. The second-order valence-corrected chi connectivity index (χ2v) is 7.76. The molecule has 6 nitrogen and oxygen atoms in total. The zero-order valence-corrected chi connectivity index (χ0v) is 15.9. The summed E-state index contributed by atoms with van der Waals surface area (Å²) in [5, 5.41) is 0. The van der Waals surface area contributed by atoms with Gasteiger partial charge in [-0.2, -0.15) is 4.72 Å². The molecule has 1 unspecified atom stereocenters. The van der Waals surface area contributed by atoms with E-state index in [4.69, 9.17) is 9.47 Å². The number of nitrogens with one attached hydrogen (secondary N) is 1. The van der Waals surface area contributed by atoms with E-state index in [1.54, 1.807) is 30.3 Å². The van der Waals surface area contributed by atoms with Crippen LogP contribution in [0.5, 0.6) is 5.75 Å². The first-order valence-corrected chi connectivity index (χ1v) is 9.78. The van der Waals surface area contributed by atoms with E-state index in [0.717, 1.165) is 4.47 Å². The highest BCUT2D eigenvalue weighted by Crippen LogP contribution is 2.17. The van der Waals surface area contributed by atoms with Crippen molar-refractivity contribution in [2.24, 2.45) is 0 Å². The number of esters is 1. The average molecular weight is 428 g/mol. The van der Waals surface area contributed by atoms with Crippen molar-refractivity contribution >= 4 is 31.9 Å². The Morgan fingerprint density at radius 1 is 1.12 bits per heavy atom. The van der Waals surface area contributed by atoms with Gasteiger partial charge in [0.1, 0.15) is 25.0 Å². The molecule has 0 saturated carbocycles. The first kappa shape index (κ1) is 19.4. The van der Waals surface area contributed by atoms with E-state index in [2.05, 4.69) is 20.7 Å². The lowest BCUT2D eigenvalue weighted by Gasteiger charge is -2.14. The summed E-state index contributed by atoms with van der Waals surface area (Å²) in [5.41, 5.74) is 0. The number of carbonyl (C=O) groups is 1. The number of ether oxygens (including phenoxy) is 2. The van der Waals surface area contributed by atoms with E-state index in [-0.39, 0.29) is 18.1 Å². The van der Waals surface area contributed by atoms with Crippen LogP contribution in [-0.4, -0.2) is 33.6 Å². The molecular formula is C17H18BrNO5S. The molecule has 2 aromatic rings. The maximum atomic E-state index is 12.1. The maximum Gasteiger partial charge on any atom is 0.324 e. The van der Waals surface area contributed by atoms with Gasteiger partial charge >= 0.3 is 5.97 Å². The minimum absolute atomic E-state index is 0.0166. The molecule has 0 spiro atoms. The smallest absolute Gasteiger partial charge is 0.324 e. The molecule has 134 valence electrons. The first-order chi connectivity index (χ1) is 11.9. The Morgan fingerprint density at radius 2 is 1.84 bits per heavy atom. The summed E-state index contributed by atoms with van der Waals surface area (Å²) in [4.78, 5) is 12.0. The summed E-state index contributed by atoms with van der Waals surface area (Å²) in [7, 11) is -3.77. The lowest BCUT2D eigenvalue weighted by Crippen LogP contribution is -2.39. The average Bonchev–Trinajstić information content (AvgIpc) is 2.59. The minimum Gasteiger partial charge on any atom is -0.490 e. The Balaban J connectivity index is 1.78. The first-order valence-electron chi connectivity index (χ1n) is 7.51. The summed E-state index contributed by atoms with van der Waals surface area (Å²) in [6, 6.07) is 14.1. The fourth-order valence-electron chi connectivity index (χ4n) is 1.93. The Kier molecular flexibility index (Phi) is 6.98. The Hall–Kier alpha value is -1.90. The summed E-state index contributed by atoms with van der Waals surface area (Å²) < 4.78 is 37.9. The number of sulfonamides is 1. The fourth-order valence-corrected chi connectivity index (χ4v) is 3.52. The van der Waals surface area contributed by atoms with Crippen molar-refractivity contribution in [2.45, 2.75) is 17.9 Å². The molecule has 0 aromatic heterocycles. The molecule has 0 aliphatic rings. The van der Waals surface area contributed by atoms with Crippen LogP contribution in [0.1, 0.15) is 6.92 Å². The second kappa shape index (κ2) is 8.98. The monoisotopic (exact) mass is 427 g/mol. The van der Waals surface area contributed by atoms with Gasteiger partial charge in [0, 0.05) is 4.47 Å². The molecule has 0 bridgehead atoms. The highest BCUT2D eigenvalue weighted by molar-refractivity contribution is 9.10. The molecule has 1 atom stereocenters. The minimum atomic E-state index is -3.77. The quantitative estimate of drug-likeness (QED) is 0.517. The molecule has 0 saturated heterocycles. The van der Waals surface area contributed by atoms with E-state index < -0.39 is 22.0 Å². The predicted octanol–water partition coefficient (Wildman–Crippen LogP) is 2.74. The van der Waals surface area contributed by atoms with Gasteiger partial charge in [-0.15, -0.1) is 0 Å². The highest BCUT2D eigenvalue weighted by atomic mass is 79.9. The van der Waals surface area contributed by atoms with Gasteiger partial charge in [0.15, 0.2) is 0 Å². The van der Waals surface area contributed by atoms with Crippen molar-refractivity contribution in [2.75, 3.05) is 13.2 Å². The van der Waals surface area contributed by atoms with E-state index in [9.17, 15) is 13.2 Å². The summed E-state index contributed by atoms with van der Waals surface area (Å²) in [6.45, 7) is 1.61. The molecule has 2 aromatic carbocycles.